The summed E-state index contributed by atoms with van der Waals surface area (Å²) >= 11 is 0. The molecule has 0 aromatic carbocycles. The Labute approximate surface area is 368 Å². The molecule has 9 saturated carbocycles. The molecule has 0 aliphatic heterocycles. The molecule has 0 radical (unpaired) electrons. The highest BCUT2D eigenvalue weighted by Gasteiger charge is 2.58. The lowest BCUT2D eigenvalue weighted by Gasteiger charge is -2.31. The van der Waals surface area contributed by atoms with Crippen molar-refractivity contribution in [2.75, 3.05) is 66.1 Å². The van der Waals surface area contributed by atoms with E-state index in [0.717, 1.165) is 173 Å². The second kappa shape index (κ2) is 20.6. The van der Waals surface area contributed by atoms with Crippen LogP contribution in [0.2, 0.25) is 0 Å². The SMILES string of the molecule is C=CC(=O)OCC1CC2CC1C1CC(COCCCCCOCC3CC4CC3C3CC(COCCCCCOCC5CC6C7CC(COC(=O)C(=C)C)C(C7)C6C5)CC43)CC21. The maximum absolute atomic E-state index is 11.9. The fraction of sp³-hybridized carbons (Fsp3) is 0.887. The van der Waals surface area contributed by atoms with Crippen LogP contribution >= 0.6 is 0 Å². The maximum Gasteiger partial charge on any atom is 0.333 e. The third kappa shape index (κ3) is 10.2. The first kappa shape index (κ1) is 44.5. The van der Waals surface area contributed by atoms with Gasteiger partial charge in [0.25, 0.3) is 0 Å². The van der Waals surface area contributed by atoms with E-state index >= 15 is 0 Å². The summed E-state index contributed by atoms with van der Waals surface area (Å²) in [4.78, 5) is 23.5. The molecule has 8 nitrogen and oxygen atoms in total. The molecule has 9 rings (SSSR count). The first-order valence-electron chi connectivity index (χ1n) is 25.8. The predicted molar refractivity (Wildman–Crippen MR) is 236 cm³/mol. The van der Waals surface area contributed by atoms with Gasteiger partial charge in [0.15, 0.2) is 0 Å². The van der Waals surface area contributed by atoms with Crippen molar-refractivity contribution in [3.63, 3.8) is 0 Å². The maximum atomic E-state index is 11.9. The van der Waals surface area contributed by atoms with Gasteiger partial charge in [0.2, 0.25) is 0 Å². The largest absolute Gasteiger partial charge is 0.462 e. The number of hydrogen-bond donors (Lipinski definition) is 0. The Kier molecular flexibility index (Phi) is 15.0. The van der Waals surface area contributed by atoms with Gasteiger partial charge < -0.3 is 28.4 Å². The lowest BCUT2D eigenvalue weighted by Crippen LogP contribution is -2.28. The number of rotatable bonds is 26. The van der Waals surface area contributed by atoms with Crippen LogP contribution < -0.4 is 0 Å². The van der Waals surface area contributed by atoms with Crippen molar-refractivity contribution in [3.8, 4) is 0 Å². The second-order valence-electron chi connectivity index (χ2n) is 22.6. The molecule has 61 heavy (non-hydrogen) atoms. The lowest BCUT2D eigenvalue weighted by molar-refractivity contribution is -0.141. The Balaban J connectivity index is 0.549. The van der Waals surface area contributed by atoms with E-state index in [-0.39, 0.29) is 11.9 Å². The van der Waals surface area contributed by atoms with Crippen molar-refractivity contribution in [1.82, 2.24) is 0 Å². The molecule has 6 bridgehead atoms. The molecule has 0 N–H and O–H groups in total. The van der Waals surface area contributed by atoms with Crippen molar-refractivity contribution in [2.45, 2.75) is 122 Å². The van der Waals surface area contributed by atoms with Gasteiger partial charge >= 0.3 is 11.9 Å². The summed E-state index contributed by atoms with van der Waals surface area (Å²) in [5.41, 5.74) is 0.507. The first-order valence-corrected chi connectivity index (χ1v) is 25.8. The molecular formula is C53H82O8. The monoisotopic (exact) mass is 847 g/mol. The van der Waals surface area contributed by atoms with Crippen LogP contribution in [-0.4, -0.2) is 78.0 Å². The summed E-state index contributed by atoms with van der Waals surface area (Å²) in [6.45, 7) is 17.6. The molecule has 8 heteroatoms. The van der Waals surface area contributed by atoms with Gasteiger partial charge in [0.05, 0.1) is 13.2 Å². The molecule has 0 aromatic rings. The van der Waals surface area contributed by atoms with Crippen molar-refractivity contribution in [1.29, 1.82) is 0 Å². The van der Waals surface area contributed by atoms with Gasteiger partial charge in [0.1, 0.15) is 0 Å². The Morgan fingerprint density at radius 1 is 0.443 bits per heavy atom. The van der Waals surface area contributed by atoms with E-state index in [0.29, 0.717) is 30.6 Å². The summed E-state index contributed by atoms with van der Waals surface area (Å²) < 4.78 is 36.1. The highest BCUT2D eigenvalue weighted by Crippen LogP contribution is 2.64. The molecule has 342 valence electrons. The molecule has 18 unspecified atom stereocenters. The molecule has 0 spiro atoms. The Morgan fingerprint density at radius 3 is 1.20 bits per heavy atom. The fourth-order valence-corrected chi connectivity index (χ4v) is 16.7. The van der Waals surface area contributed by atoms with Crippen LogP contribution in [0.5, 0.6) is 0 Å². The molecule has 0 amide bonds. The molecule has 0 aromatic heterocycles. The molecular weight excluding hydrogens is 765 g/mol. The Morgan fingerprint density at radius 2 is 0.803 bits per heavy atom. The predicted octanol–water partition coefficient (Wildman–Crippen LogP) is 10.1. The van der Waals surface area contributed by atoms with Gasteiger partial charge in [-0.3, -0.25) is 0 Å². The average molecular weight is 847 g/mol. The van der Waals surface area contributed by atoms with Crippen LogP contribution in [-0.2, 0) is 38.0 Å². The van der Waals surface area contributed by atoms with Gasteiger partial charge in [-0.05, 0) is 229 Å². The lowest BCUT2D eigenvalue weighted by atomic mass is 9.76. The summed E-state index contributed by atoms with van der Waals surface area (Å²) in [6, 6.07) is 0. The zero-order valence-corrected chi connectivity index (χ0v) is 37.9. The number of unbranched alkanes of at least 4 members (excludes halogenated alkanes) is 4. The third-order valence-corrected chi connectivity index (χ3v) is 19.0. The quantitative estimate of drug-likeness (QED) is 0.0483. The van der Waals surface area contributed by atoms with E-state index in [9.17, 15) is 9.59 Å². The van der Waals surface area contributed by atoms with Crippen molar-refractivity contribution in [3.05, 3.63) is 24.8 Å². The second-order valence-corrected chi connectivity index (χ2v) is 22.6. The number of carbonyl (C=O) groups is 2. The highest BCUT2D eigenvalue weighted by atomic mass is 16.5. The molecule has 18 atom stereocenters. The van der Waals surface area contributed by atoms with E-state index in [1.165, 1.54) is 96.0 Å². The number of ether oxygens (including phenoxy) is 6. The van der Waals surface area contributed by atoms with Crippen LogP contribution in [0.1, 0.15) is 122 Å². The van der Waals surface area contributed by atoms with Crippen LogP contribution in [0.3, 0.4) is 0 Å². The minimum Gasteiger partial charge on any atom is -0.462 e. The minimum absolute atomic E-state index is 0.228. The topological polar surface area (TPSA) is 89.5 Å². The summed E-state index contributed by atoms with van der Waals surface area (Å²) in [5.74, 6) is 13.9. The zero-order chi connectivity index (χ0) is 41.9. The zero-order valence-electron chi connectivity index (χ0n) is 37.9. The van der Waals surface area contributed by atoms with Gasteiger partial charge in [-0.1, -0.05) is 13.2 Å². The van der Waals surface area contributed by atoms with Gasteiger partial charge in [-0.15, -0.1) is 0 Å². The normalized spacial score (nSPS) is 42.0. The highest BCUT2D eigenvalue weighted by molar-refractivity contribution is 5.86. The molecule has 0 heterocycles. The Hall–Kier alpha value is -1.74. The van der Waals surface area contributed by atoms with Crippen LogP contribution in [0, 0.1) is 107 Å². The average Bonchev–Trinajstić information content (AvgIpc) is 4.11. The van der Waals surface area contributed by atoms with E-state index < -0.39 is 0 Å². The van der Waals surface area contributed by atoms with Gasteiger partial charge in [0, 0.05) is 64.5 Å². The number of esters is 2. The summed E-state index contributed by atoms with van der Waals surface area (Å²) in [6.07, 6.45) is 24.4. The van der Waals surface area contributed by atoms with Gasteiger partial charge in [-0.2, -0.15) is 0 Å². The first-order chi connectivity index (χ1) is 29.8. The number of fused-ring (bicyclic) bond motifs is 15. The minimum atomic E-state index is -0.274. The number of carbonyl (C=O) groups excluding carboxylic acids is 2. The summed E-state index contributed by atoms with van der Waals surface area (Å²) in [5, 5.41) is 0. The van der Waals surface area contributed by atoms with Crippen molar-refractivity contribution < 1.29 is 38.0 Å². The summed E-state index contributed by atoms with van der Waals surface area (Å²) in [7, 11) is 0. The molecule has 9 aliphatic rings. The van der Waals surface area contributed by atoms with Gasteiger partial charge in [-0.25, -0.2) is 9.59 Å². The smallest absolute Gasteiger partial charge is 0.333 e. The fourth-order valence-electron chi connectivity index (χ4n) is 16.7. The van der Waals surface area contributed by atoms with E-state index in [1.54, 1.807) is 6.92 Å². The number of hydrogen-bond acceptors (Lipinski definition) is 8. The molecule has 0 saturated heterocycles. The molecule has 9 aliphatic carbocycles. The van der Waals surface area contributed by atoms with Crippen LogP contribution in [0.15, 0.2) is 24.8 Å². The Bertz CT molecular complexity index is 1500. The van der Waals surface area contributed by atoms with Crippen molar-refractivity contribution in [2.24, 2.45) is 107 Å². The van der Waals surface area contributed by atoms with E-state index in [1.807, 2.05) is 0 Å². The van der Waals surface area contributed by atoms with E-state index in [2.05, 4.69) is 13.2 Å². The van der Waals surface area contributed by atoms with Crippen LogP contribution in [0.25, 0.3) is 0 Å². The standard InChI is InChI=1S/C53H82O8/c1-4-52(54)60-31-41-22-38-25-47(41)50-19-35(16-44(38)50)28-58-13-9-6-10-14-59-30-40-21-37-24-46(40)49-18-34(15-43(37)49)27-56-11-7-5-8-12-57-29-36-17-45-39-23-42(32-61-53(55)33(2)3)48(26-39)51(45)20-36/h4,34-51H,1-2,5-32H2,3H3. The van der Waals surface area contributed by atoms with E-state index in [4.69, 9.17) is 28.4 Å². The molecule has 9 fully saturated rings. The van der Waals surface area contributed by atoms with Crippen molar-refractivity contribution >= 4 is 11.9 Å². The van der Waals surface area contributed by atoms with Crippen LogP contribution in [0.4, 0.5) is 0 Å². The third-order valence-electron chi connectivity index (χ3n) is 19.0.